The number of hydrogen-bond acceptors (Lipinski definition) is 7. The topological polar surface area (TPSA) is 90.1 Å². The zero-order valence-electron chi connectivity index (χ0n) is 13.2. The van der Waals surface area contributed by atoms with Crippen molar-refractivity contribution in [1.82, 2.24) is 20.4 Å². The highest BCUT2D eigenvalue weighted by Crippen LogP contribution is 2.21. The SMILES string of the molecule is CC(C)Oc1cccnc1C(=O)NCc1nc(-c2cccs2)no1. The highest BCUT2D eigenvalue weighted by atomic mass is 32.1. The number of carbonyl (C=O) groups excluding carboxylic acids is 1. The second kappa shape index (κ2) is 7.22. The molecule has 7 nitrogen and oxygen atoms in total. The molecule has 0 aromatic carbocycles. The zero-order valence-corrected chi connectivity index (χ0v) is 14.0. The number of nitrogens with one attached hydrogen (secondary N) is 1. The van der Waals surface area contributed by atoms with Crippen LogP contribution in [-0.4, -0.2) is 27.1 Å². The molecule has 3 aromatic heterocycles. The maximum Gasteiger partial charge on any atom is 0.274 e. The van der Waals surface area contributed by atoms with Crippen molar-refractivity contribution in [2.24, 2.45) is 0 Å². The van der Waals surface area contributed by atoms with Gasteiger partial charge in [0, 0.05) is 6.20 Å². The van der Waals surface area contributed by atoms with E-state index in [9.17, 15) is 4.79 Å². The minimum atomic E-state index is -0.359. The van der Waals surface area contributed by atoms with E-state index in [0.29, 0.717) is 17.5 Å². The normalized spacial score (nSPS) is 10.8. The van der Waals surface area contributed by atoms with Gasteiger partial charge in [-0.15, -0.1) is 11.3 Å². The van der Waals surface area contributed by atoms with Gasteiger partial charge in [0.05, 0.1) is 17.5 Å². The highest BCUT2D eigenvalue weighted by molar-refractivity contribution is 7.13. The number of aromatic nitrogens is 3. The molecule has 8 heteroatoms. The van der Waals surface area contributed by atoms with Gasteiger partial charge < -0.3 is 14.6 Å². The molecule has 0 aliphatic heterocycles. The first-order chi connectivity index (χ1) is 11.6. The summed E-state index contributed by atoms with van der Waals surface area (Å²) in [5.41, 5.74) is 0.226. The Kier molecular flexibility index (Phi) is 4.85. The Hall–Kier alpha value is -2.74. The van der Waals surface area contributed by atoms with Crippen LogP contribution in [-0.2, 0) is 6.54 Å². The van der Waals surface area contributed by atoms with Gasteiger partial charge >= 0.3 is 0 Å². The summed E-state index contributed by atoms with van der Waals surface area (Å²) >= 11 is 1.52. The molecule has 0 saturated carbocycles. The summed E-state index contributed by atoms with van der Waals surface area (Å²) in [6.07, 6.45) is 1.49. The molecule has 0 aliphatic carbocycles. The molecular weight excluding hydrogens is 328 g/mol. The van der Waals surface area contributed by atoms with Gasteiger partial charge in [-0.05, 0) is 37.4 Å². The van der Waals surface area contributed by atoms with Gasteiger partial charge in [-0.2, -0.15) is 4.98 Å². The van der Waals surface area contributed by atoms with Crippen LogP contribution >= 0.6 is 11.3 Å². The summed E-state index contributed by atoms with van der Waals surface area (Å²) in [7, 11) is 0. The molecule has 0 unspecified atom stereocenters. The number of pyridine rings is 1. The molecular formula is C16H16N4O3S. The van der Waals surface area contributed by atoms with Crippen LogP contribution in [0.2, 0.25) is 0 Å². The molecule has 0 saturated heterocycles. The molecule has 1 amide bonds. The Balaban J connectivity index is 1.66. The lowest BCUT2D eigenvalue weighted by Gasteiger charge is -2.12. The van der Waals surface area contributed by atoms with E-state index in [1.54, 1.807) is 18.3 Å². The summed E-state index contributed by atoms with van der Waals surface area (Å²) in [6, 6.07) is 7.25. The first-order valence-corrected chi connectivity index (χ1v) is 8.28. The van der Waals surface area contributed by atoms with Crippen molar-refractivity contribution in [2.45, 2.75) is 26.5 Å². The minimum Gasteiger partial charge on any atom is -0.489 e. The van der Waals surface area contributed by atoms with Gasteiger partial charge in [-0.1, -0.05) is 11.2 Å². The molecule has 3 heterocycles. The minimum absolute atomic E-state index is 0.0509. The summed E-state index contributed by atoms with van der Waals surface area (Å²) in [5.74, 6) is 0.918. The van der Waals surface area contributed by atoms with Crippen molar-refractivity contribution >= 4 is 17.2 Å². The van der Waals surface area contributed by atoms with Crippen molar-refractivity contribution in [3.63, 3.8) is 0 Å². The van der Waals surface area contributed by atoms with E-state index in [4.69, 9.17) is 9.26 Å². The third kappa shape index (κ3) is 3.77. The summed E-state index contributed by atoms with van der Waals surface area (Å²) in [4.78, 5) is 21.6. The monoisotopic (exact) mass is 344 g/mol. The average Bonchev–Trinajstić information content (AvgIpc) is 3.24. The van der Waals surface area contributed by atoms with Crippen LogP contribution < -0.4 is 10.1 Å². The first-order valence-electron chi connectivity index (χ1n) is 7.40. The lowest BCUT2D eigenvalue weighted by atomic mass is 10.3. The van der Waals surface area contributed by atoms with Crippen LogP contribution in [0.15, 0.2) is 40.4 Å². The van der Waals surface area contributed by atoms with Gasteiger partial charge in [0.15, 0.2) is 11.4 Å². The van der Waals surface area contributed by atoms with Crippen LogP contribution in [0, 0.1) is 0 Å². The molecule has 0 spiro atoms. The second-order valence-electron chi connectivity index (χ2n) is 5.19. The van der Waals surface area contributed by atoms with Crippen LogP contribution in [0.25, 0.3) is 10.7 Å². The van der Waals surface area contributed by atoms with E-state index in [1.165, 1.54) is 11.3 Å². The van der Waals surface area contributed by atoms with Crippen LogP contribution in [0.3, 0.4) is 0 Å². The molecule has 3 rings (SSSR count). The van der Waals surface area contributed by atoms with E-state index in [1.807, 2.05) is 31.4 Å². The maximum atomic E-state index is 12.3. The molecule has 24 heavy (non-hydrogen) atoms. The van der Waals surface area contributed by atoms with Gasteiger partial charge in [0.1, 0.15) is 0 Å². The van der Waals surface area contributed by atoms with Gasteiger partial charge in [0.25, 0.3) is 5.91 Å². The predicted molar refractivity (Wildman–Crippen MR) is 88.8 cm³/mol. The average molecular weight is 344 g/mol. The van der Waals surface area contributed by atoms with Gasteiger partial charge in [-0.25, -0.2) is 4.98 Å². The predicted octanol–water partition coefficient (Wildman–Crippen LogP) is 2.91. The Morgan fingerprint density at radius 1 is 1.38 bits per heavy atom. The van der Waals surface area contributed by atoms with Gasteiger partial charge in [0.2, 0.25) is 11.7 Å². The van der Waals surface area contributed by atoms with Crippen LogP contribution in [0.1, 0.15) is 30.2 Å². The Labute approximate surface area is 142 Å². The quantitative estimate of drug-likeness (QED) is 0.739. The third-order valence-corrected chi connectivity index (χ3v) is 3.82. The van der Waals surface area contributed by atoms with Crippen LogP contribution in [0.5, 0.6) is 5.75 Å². The van der Waals surface area contributed by atoms with Crippen molar-refractivity contribution in [2.75, 3.05) is 0 Å². The lowest BCUT2D eigenvalue weighted by molar-refractivity contribution is 0.0934. The van der Waals surface area contributed by atoms with Crippen LogP contribution in [0.4, 0.5) is 0 Å². The second-order valence-corrected chi connectivity index (χ2v) is 6.14. The van der Waals surface area contributed by atoms with E-state index in [2.05, 4.69) is 20.4 Å². The largest absolute Gasteiger partial charge is 0.489 e. The van der Waals surface area contributed by atoms with E-state index >= 15 is 0 Å². The highest BCUT2D eigenvalue weighted by Gasteiger charge is 2.16. The number of thiophene rings is 1. The molecule has 124 valence electrons. The van der Waals surface area contributed by atoms with E-state index in [0.717, 1.165) is 4.88 Å². The van der Waals surface area contributed by atoms with Crippen molar-refractivity contribution < 1.29 is 14.1 Å². The number of ether oxygens (including phenoxy) is 1. The fourth-order valence-corrected chi connectivity index (χ4v) is 2.63. The molecule has 0 radical (unpaired) electrons. The van der Waals surface area contributed by atoms with E-state index < -0.39 is 0 Å². The van der Waals surface area contributed by atoms with Crippen molar-refractivity contribution in [3.8, 4) is 16.5 Å². The molecule has 0 aliphatic rings. The fraction of sp³-hybridized carbons (Fsp3) is 0.250. The molecule has 0 bridgehead atoms. The summed E-state index contributed by atoms with van der Waals surface area (Å²) in [6.45, 7) is 3.90. The maximum absolute atomic E-state index is 12.3. The Morgan fingerprint density at radius 2 is 2.25 bits per heavy atom. The fourth-order valence-electron chi connectivity index (χ4n) is 1.98. The lowest BCUT2D eigenvalue weighted by Crippen LogP contribution is -2.25. The van der Waals surface area contributed by atoms with Crippen molar-refractivity contribution in [1.29, 1.82) is 0 Å². The standard InChI is InChI=1S/C16H16N4O3S/c1-10(2)22-11-5-3-7-17-14(11)16(21)18-9-13-19-15(20-23-13)12-6-4-8-24-12/h3-8,10H,9H2,1-2H3,(H,18,21). The molecule has 0 atom stereocenters. The Morgan fingerprint density at radius 3 is 3.00 bits per heavy atom. The van der Waals surface area contributed by atoms with Gasteiger partial charge in [-0.3, -0.25) is 4.79 Å². The number of rotatable bonds is 6. The first kappa shape index (κ1) is 16.1. The smallest absolute Gasteiger partial charge is 0.274 e. The Bertz CT molecular complexity index is 814. The number of hydrogen-bond donors (Lipinski definition) is 1. The number of amides is 1. The van der Waals surface area contributed by atoms with Crippen molar-refractivity contribution in [3.05, 3.63) is 47.4 Å². The number of carbonyl (C=O) groups is 1. The summed E-state index contributed by atoms with van der Waals surface area (Å²) in [5, 5.41) is 8.55. The molecule has 1 N–H and O–H groups in total. The third-order valence-electron chi connectivity index (χ3n) is 2.96. The summed E-state index contributed by atoms with van der Waals surface area (Å²) < 4.78 is 10.7. The number of nitrogens with zero attached hydrogens (tertiary/aromatic N) is 3. The molecule has 3 aromatic rings. The zero-order chi connectivity index (χ0) is 16.9. The molecule has 0 fully saturated rings. The van der Waals surface area contributed by atoms with E-state index in [-0.39, 0.29) is 24.2 Å².